The van der Waals surface area contributed by atoms with Gasteiger partial charge in [0.1, 0.15) is 21.9 Å². The molecule has 2 aromatic heterocycles. The first-order chi connectivity index (χ1) is 33.6. The maximum Gasteiger partial charge on any atom is 0.501 e. The minimum atomic E-state index is -6.01. The van der Waals surface area contributed by atoms with Crippen LogP contribution in [-0.4, -0.2) is 124 Å². The number of amides is 1. The second kappa shape index (κ2) is 20.2. The van der Waals surface area contributed by atoms with E-state index < -0.39 is 47.3 Å². The predicted molar refractivity (Wildman–Crippen MR) is 271 cm³/mol. The van der Waals surface area contributed by atoms with Gasteiger partial charge in [-0.25, -0.2) is 26.5 Å². The molecule has 1 saturated carbocycles. The van der Waals surface area contributed by atoms with E-state index in [4.69, 9.17) is 16.3 Å². The van der Waals surface area contributed by atoms with Gasteiger partial charge in [-0.1, -0.05) is 49.2 Å². The third-order valence-corrected chi connectivity index (χ3v) is 18.7. The normalized spacial score (nSPS) is 23.9. The first kappa shape index (κ1) is 51.0. The largest absolute Gasteiger partial charge is 0.501 e. The van der Waals surface area contributed by atoms with Crippen molar-refractivity contribution in [3.8, 4) is 11.5 Å². The van der Waals surface area contributed by atoms with Gasteiger partial charge in [-0.3, -0.25) is 9.69 Å². The smallest absolute Gasteiger partial charge is 0.455 e. The maximum absolute atomic E-state index is 14.4. The number of carbonyl (C=O) groups excluding carboxylic acids is 1. The summed E-state index contributed by atoms with van der Waals surface area (Å²) in [5, 5.41) is 7.79. The summed E-state index contributed by atoms with van der Waals surface area (Å²) in [4.78, 5) is 27.5. The van der Waals surface area contributed by atoms with Crippen LogP contribution in [0.15, 0.2) is 95.3 Å². The maximum atomic E-state index is 14.4. The second-order valence-electron chi connectivity index (χ2n) is 20.7. The molecule has 1 amide bonds. The van der Waals surface area contributed by atoms with Crippen LogP contribution in [0, 0.1) is 11.3 Å². The summed E-state index contributed by atoms with van der Waals surface area (Å²) in [6, 6.07) is 16.1. The van der Waals surface area contributed by atoms with Gasteiger partial charge in [0.25, 0.3) is 15.7 Å². The Balaban J connectivity index is 0.931. The van der Waals surface area contributed by atoms with Gasteiger partial charge in [0.15, 0.2) is 0 Å². The van der Waals surface area contributed by atoms with Crippen LogP contribution in [0.3, 0.4) is 0 Å². The summed E-state index contributed by atoms with van der Waals surface area (Å²) in [6.45, 7) is 13.7. The number of H-pyrrole nitrogens is 1. The molecule has 4 heterocycles. The van der Waals surface area contributed by atoms with Crippen LogP contribution in [0.4, 0.5) is 18.9 Å². The number of pyridine rings is 1. The minimum Gasteiger partial charge on any atom is -0.455 e. The Morgan fingerprint density at radius 3 is 2.41 bits per heavy atom. The molecule has 4 N–H and O–H groups in total. The number of carbonyl (C=O) groups is 1. The zero-order chi connectivity index (χ0) is 50.3. The van der Waals surface area contributed by atoms with Crippen molar-refractivity contribution in [3.05, 3.63) is 111 Å². The molecule has 0 spiro atoms. The molecule has 9 rings (SSSR count). The second-order valence-corrected chi connectivity index (χ2v) is 25.2. The van der Waals surface area contributed by atoms with Crippen LogP contribution in [0.2, 0.25) is 5.02 Å². The van der Waals surface area contributed by atoms with Gasteiger partial charge in [0.05, 0.1) is 16.7 Å². The number of ether oxygens (including phenoxy) is 1. The molecule has 2 unspecified atom stereocenters. The molecule has 0 radical (unpaired) electrons. The van der Waals surface area contributed by atoms with Gasteiger partial charge < -0.3 is 30.2 Å². The molecule has 3 fully saturated rings. The predicted octanol–water partition coefficient (Wildman–Crippen LogP) is 8.38. The Morgan fingerprint density at radius 1 is 0.930 bits per heavy atom. The zero-order valence-corrected chi connectivity index (χ0v) is 42.6. The number of hydrogen-bond donors (Lipinski definition) is 4. The van der Waals surface area contributed by atoms with Gasteiger partial charge in [-0.05, 0) is 110 Å². The van der Waals surface area contributed by atoms with Crippen LogP contribution >= 0.6 is 11.6 Å². The van der Waals surface area contributed by atoms with E-state index in [0.717, 1.165) is 108 Å². The lowest BCUT2D eigenvalue weighted by molar-refractivity contribution is -0.0428. The van der Waals surface area contributed by atoms with Crippen LogP contribution < -0.4 is 25.0 Å². The van der Waals surface area contributed by atoms with Crippen molar-refractivity contribution >= 4 is 59.7 Å². The highest BCUT2D eigenvalue weighted by atomic mass is 35.5. The molecule has 3 aliphatic carbocycles. The first-order valence-corrected chi connectivity index (χ1v) is 27.7. The summed E-state index contributed by atoms with van der Waals surface area (Å²) < 4.78 is 104. The van der Waals surface area contributed by atoms with Crippen LogP contribution in [0.25, 0.3) is 16.6 Å². The lowest BCUT2D eigenvalue weighted by atomic mass is 9.72. The summed E-state index contributed by atoms with van der Waals surface area (Å²) in [7, 11) is -10.9. The number of allylic oxidation sites excluding steroid dienone is 3. The number of fused-ring (bicyclic) bond motifs is 1. The molecule has 2 aromatic carbocycles. The SMILES string of the molecule is CC1(C)CCC(CN2CCN(c3ccc(C(=O)NS(=O)(=O)C4(C)C=CC(N[C@H]5CCC(CN6CCNCC6)C5)=C(S(=O)(=O)C(F)(F)F)C4)c(Oc4cnc5[nH]ccc5c4)c3)CC2)=C(c2ccc(Cl)cc2)C1. The van der Waals surface area contributed by atoms with Crippen LogP contribution in [0.5, 0.6) is 11.5 Å². The molecule has 4 aromatic rings. The summed E-state index contributed by atoms with van der Waals surface area (Å²) in [5.74, 6) is -0.569. The van der Waals surface area contributed by atoms with E-state index in [-0.39, 0.29) is 40.1 Å². The van der Waals surface area contributed by atoms with Gasteiger partial charge >= 0.3 is 5.51 Å². The fourth-order valence-electron chi connectivity index (χ4n) is 10.6. The van der Waals surface area contributed by atoms with Crippen molar-refractivity contribution in [3.63, 3.8) is 0 Å². The van der Waals surface area contributed by atoms with E-state index in [1.54, 1.807) is 30.5 Å². The van der Waals surface area contributed by atoms with Gasteiger partial charge in [0.2, 0.25) is 10.0 Å². The standard InChI is InChI=1S/C51H62ClF3N8O6S2/c1-49(2)15-12-37(43(29-49)35-5-7-38(52)8-6-35)33-62-22-24-63(25-23-62)40-10-11-42(45(28-40)69-41-27-36-14-17-57-47(36)58-31-41)48(64)60-71(67,68)50(3)16-13-44(46(30-50)70(65,66)51(53,54)55)59-39-9-4-34(26-39)32-61-20-18-56-19-21-61/h5-8,10-11,13-14,16-17,27-28,31,34,39,56,59H,4,9,12,15,18-26,29-30,32-33H2,1-3H3,(H,57,58)(H,60,64)/t34?,39-,50?/m0/s1. The third kappa shape index (κ3) is 11.3. The summed E-state index contributed by atoms with van der Waals surface area (Å²) >= 11 is 6.25. The first-order valence-electron chi connectivity index (χ1n) is 24.3. The van der Waals surface area contributed by atoms with Crippen molar-refractivity contribution in [2.24, 2.45) is 11.3 Å². The van der Waals surface area contributed by atoms with Crippen molar-refractivity contribution in [1.82, 2.24) is 35.1 Å². The number of nitrogens with one attached hydrogen (secondary N) is 4. The highest BCUT2D eigenvalue weighted by molar-refractivity contribution is 7.96. The number of piperazine rings is 2. The molecule has 5 aliphatic rings. The number of nitrogens with zero attached hydrogens (tertiary/aromatic N) is 4. The number of benzene rings is 2. The minimum absolute atomic E-state index is 0.0137. The van der Waals surface area contributed by atoms with Gasteiger partial charge in [-0.15, -0.1) is 0 Å². The van der Waals surface area contributed by atoms with E-state index in [0.29, 0.717) is 36.6 Å². The number of aromatic nitrogens is 2. The summed E-state index contributed by atoms with van der Waals surface area (Å²) in [5.41, 5.74) is -0.669. The molecule has 3 atom stereocenters. The molecular formula is C51H62ClF3N8O6S2. The molecule has 20 heteroatoms. The van der Waals surface area contributed by atoms with Crippen molar-refractivity contribution in [2.75, 3.05) is 70.3 Å². The molecule has 71 heavy (non-hydrogen) atoms. The number of sulfonamides is 1. The molecular weight excluding hydrogens is 977 g/mol. The number of alkyl halides is 3. The molecule has 382 valence electrons. The number of sulfone groups is 1. The fourth-order valence-corrected chi connectivity index (χ4v) is 13.2. The molecule has 14 nitrogen and oxygen atoms in total. The third-order valence-electron chi connectivity index (χ3n) is 14.9. The monoisotopic (exact) mass is 1040 g/mol. The van der Waals surface area contributed by atoms with E-state index in [2.05, 4.69) is 66.0 Å². The van der Waals surface area contributed by atoms with Crippen molar-refractivity contribution in [1.29, 1.82) is 0 Å². The van der Waals surface area contributed by atoms with E-state index in [1.807, 2.05) is 12.1 Å². The molecule has 0 bridgehead atoms. The number of aromatic amines is 1. The average molecular weight is 1040 g/mol. The Bertz CT molecular complexity index is 2960. The Morgan fingerprint density at radius 2 is 1.68 bits per heavy atom. The Kier molecular flexibility index (Phi) is 14.5. The van der Waals surface area contributed by atoms with Gasteiger partial charge in [-0.2, -0.15) is 13.2 Å². The highest BCUT2D eigenvalue weighted by Gasteiger charge is 2.53. The van der Waals surface area contributed by atoms with E-state index >= 15 is 0 Å². The summed E-state index contributed by atoms with van der Waals surface area (Å²) in [6.07, 6.45) is 9.47. The molecule has 2 aliphatic heterocycles. The lowest BCUT2D eigenvalue weighted by Crippen LogP contribution is -2.48. The quantitative estimate of drug-likeness (QED) is 0.0954. The van der Waals surface area contributed by atoms with Gasteiger partial charge in [0, 0.05) is 112 Å². The van der Waals surface area contributed by atoms with E-state index in [9.17, 15) is 34.8 Å². The Hall–Kier alpha value is -4.92. The average Bonchev–Trinajstić information content (AvgIpc) is 3.99. The highest BCUT2D eigenvalue weighted by Crippen LogP contribution is 2.45. The number of hydrogen-bond acceptors (Lipinski definition) is 12. The zero-order valence-electron chi connectivity index (χ0n) is 40.2. The van der Waals surface area contributed by atoms with Crippen molar-refractivity contribution < 1.29 is 39.5 Å². The number of rotatable bonds is 14. The van der Waals surface area contributed by atoms with Crippen LogP contribution in [0.1, 0.15) is 81.6 Å². The lowest BCUT2D eigenvalue weighted by Gasteiger charge is -2.39. The number of halogens is 4. The fraction of sp³-hybridized carbons (Fsp3) is 0.490. The Labute approximate surface area is 419 Å². The van der Waals surface area contributed by atoms with Crippen LogP contribution in [-0.2, 0) is 19.9 Å². The molecule has 2 saturated heterocycles. The van der Waals surface area contributed by atoms with Crippen molar-refractivity contribution in [2.45, 2.75) is 82.0 Å². The van der Waals surface area contributed by atoms with E-state index in [1.165, 1.54) is 29.0 Å². The number of anilines is 1. The topological polar surface area (TPSA) is 169 Å².